The number of rotatable bonds is 3. The summed E-state index contributed by atoms with van der Waals surface area (Å²) in [7, 11) is 1.29. The molecule has 5 nitrogen and oxygen atoms in total. The van der Waals surface area contributed by atoms with Crippen molar-refractivity contribution in [1.82, 2.24) is 5.32 Å². The Kier molecular flexibility index (Phi) is 3.50. The summed E-state index contributed by atoms with van der Waals surface area (Å²) in [5.74, 6) is -0.329. The number of amides is 1. The van der Waals surface area contributed by atoms with Gasteiger partial charge in [0.05, 0.1) is 7.11 Å². The summed E-state index contributed by atoms with van der Waals surface area (Å²) in [6.07, 6.45) is 0. The first-order chi connectivity index (χ1) is 8.63. The minimum absolute atomic E-state index is 0.224. The molecule has 0 radical (unpaired) electrons. The molecule has 0 aliphatic carbocycles. The Balaban J connectivity index is 2.06. The quantitative estimate of drug-likeness (QED) is 0.806. The Morgan fingerprint density at radius 1 is 1.44 bits per heavy atom. The van der Waals surface area contributed by atoms with Gasteiger partial charge in [0.15, 0.2) is 0 Å². The molecule has 1 aliphatic heterocycles. The van der Waals surface area contributed by atoms with Crippen molar-refractivity contribution in [1.29, 1.82) is 0 Å². The van der Waals surface area contributed by atoms with E-state index >= 15 is 0 Å². The molecule has 5 heteroatoms. The second-order valence-electron chi connectivity index (χ2n) is 4.15. The average Bonchev–Trinajstić information content (AvgIpc) is 2.81. The molecular weight excluding hydrogens is 234 g/mol. The largest absolute Gasteiger partial charge is 0.492 e. The number of methoxy groups -OCH3 is 1. The molecule has 1 aromatic rings. The maximum absolute atomic E-state index is 12.0. The van der Waals surface area contributed by atoms with Gasteiger partial charge in [0.2, 0.25) is 5.91 Å². The maximum atomic E-state index is 12.0. The van der Waals surface area contributed by atoms with E-state index in [2.05, 4.69) is 10.1 Å². The SMILES string of the molecule is COC(=O)C(C)NC(=O)C1COc2ccccc21. The van der Waals surface area contributed by atoms with Crippen LogP contribution in [0.3, 0.4) is 0 Å². The lowest BCUT2D eigenvalue weighted by atomic mass is 10.0. The standard InChI is InChI=1S/C13H15NO4/c1-8(13(16)17-2)14-12(15)10-7-18-11-6-4-3-5-9(10)11/h3-6,8,10H,7H2,1-2H3,(H,14,15). The molecule has 2 rings (SSSR count). The normalized spacial score (nSPS) is 18.4. The molecule has 0 saturated carbocycles. The maximum Gasteiger partial charge on any atom is 0.328 e. The number of nitrogens with one attached hydrogen (secondary N) is 1. The Morgan fingerprint density at radius 3 is 2.89 bits per heavy atom. The zero-order chi connectivity index (χ0) is 13.1. The highest BCUT2D eigenvalue weighted by Gasteiger charge is 2.31. The third kappa shape index (κ3) is 2.30. The van der Waals surface area contributed by atoms with E-state index < -0.39 is 12.0 Å². The fraction of sp³-hybridized carbons (Fsp3) is 0.385. The van der Waals surface area contributed by atoms with E-state index in [-0.39, 0.29) is 11.8 Å². The topological polar surface area (TPSA) is 64.6 Å². The molecule has 1 N–H and O–H groups in total. The van der Waals surface area contributed by atoms with Crippen LogP contribution in [0.5, 0.6) is 5.75 Å². The van der Waals surface area contributed by atoms with Gasteiger partial charge in [0.1, 0.15) is 24.3 Å². The summed E-state index contributed by atoms with van der Waals surface area (Å²) in [6, 6.07) is 6.74. The first-order valence-corrected chi connectivity index (χ1v) is 5.73. The second kappa shape index (κ2) is 5.08. The highest BCUT2D eigenvalue weighted by atomic mass is 16.5. The lowest BCUT2D eigenvalue weighted by Crippen LogP contribution is -2.41. The van der Waals surface area contributed by atoms with Crippen molar-refractivity contribution < 1.29 is 19.1 Å². The third-order valence-electron chi connectivity index (χ3n) is 2.93. The van der Waals surface area contributed by atoms with Crippen molar-refractivity contribution in [3.63, 3.8) is 0 Å². The molecule has 96 valence electrons. The summed E-state index contributed by atoms with van der Waals surface area (Å²) in [4.78, 5) is 23.3. The van der Waals surface area contributed by atoms with Gasteiger partial charge in [-0.25, -0.2) is 4.79 Å². The van der Waals surface area contributed by atoms with Crippen molar-refractivity contribution in [3.8, 4) is 5.75 Å². The molecule has 2 unspecified atom stereocenters. The molecule has 0 aromatic heterocycles. The van der Waals surface area contributed by atoms with Gasteiger partial charge in [-0.05, 0) is 13.0 Å². The number of ether oxygens (including phenoxy) is 2. The van der Waals surface area contributed by atoms with Crippen molar-refractivity contribution in [2.75, 3.05) is 13.7 Å². The number of para-hydroxylation sites is 1. The van der Waals surface area contributed by atoms with Crippen molar-refractivity contribution in [2.24, 2.45) is 0 Å². The van der Waals surface area contributed by atoms with Gasteiger partial charge < -0.3 is 14.8 Å². The van der Waals surface area contributed by atoms with E-state index in [9.17, 15) is 9.59 Å². The van der Waals surface area contributed by atoms with Crippen molar-refractivity contribution in [3.05, 3.63) is 29.8 Å². The fourth-order valence-electron chi connectivity index (χ4n) is 1.93. The zero-order valence-electron chi connectivity index (χ0n) is 10.3. The van der Waals surface area contributed by atoms with Crippen LogP contribution in [-0.2, 0) is 14.3 Å². The van der Waals surface area contributed by atoms with Crippen LogP contribution < -0.4 is 10.1 Å². The Bertz CT molecular complexity index is 472. The van der Waals surface area contributed by atoms with Crippen LogP contribution in [0.25, 0.3) is 0 Å². The summed E-state index contributed by atoms with van der Waals surface area (Å²) in [5.41, 5.74) is 0.854. The predicted octanol–water partition coefficient (Wildman–Crippen LogP) is 0.840. The van der Waals surface area contributed by atoms with Gasteiger partial charge in [-0.3, -0.25) is 4.79 Å². The molecule has 18 heavy (non-hydrogen) atoms. The first-order valence-electron chi connectivity index (χ1n) is 5.73. The molecule has 0 fully saturated rings. The van der Waals surface area contributed by atoms with E-state index in [0.29, 0.717) is 6.61 Å². The minimum Gasteiger partial charge on any atom is -0.492 e. The Hall–Kier alpha value is -2.04. The number of fused-ring (bicyclic) bond motifs is 1. The van der Waals surface area contributed by atoms with Gasteiger partial charge in [-0.15, -0.1) is 0 Å². The zero-order valence-corrected chi connectivity index (χ0v) is 10.3. The summed E-state index contributed by atoms with van der Waals surface area (Å²) >= 11 is 0. The molecule has 1 aliphatic rings. The van der Waals surface area contributed by atoms with Gasteiger partial charge in [0.25, 0.3) is 0 Å². The van der Waals surface area contributed by atoms with E-state index in [4.69, 9.17) is 4.74 Å². The van der Waals surface area contributed by atoms with Crippen LogP contribution in [0.2, 0.25) is 0 Å². The Morgan fingerprint density at radius 2 is 2.17 bits per heavy atom. The second-order valence-corrected chi connectivity index (χ2v) is 4.15. The van der Waals surface area contributed by atoms with E-state index in [0.717, 1.165) is 11.3 Å². The number of carbonyl (C=O) groups is 2. The molecular formula is C13H15NO4. The van der Waals surface area contributed by atoms with Gasteiger partial charge in [0, 0.05) is 5.56 Å². The average molecular weight is 249 g/mol. The predicted molar refractivity (Wildman–Crippen MR) is 64.3 cm³/mol. The van der Waals surface area contributed by atoms with Gasteiger partial charge in [-0.1, -0.05) is 18.2 Å². The first kappa shape index (κ1) is 12.4. The summed E-state index contributed by atoms with van der Waals surface area (Å²) in [5, 5.41) is 2.62. The van der Waals surface area contributed by atoms with Crippen LogP contribution in [0.15, 0.2) is 24.3 Å². The summed E-state index contributed by atoms with van der Waals surface area (Å²) in [6.45, 7) is 1.89. The minimum atomic E-state index is -0.657. The third-order valence-corrected chi connectivity index (χ3v) is 2.93. The molecule has 0 bridgehead atoms. The van der Waals surface area contributed by atoms with Gasteiger partial charge in [-0.2, -0.15) is 0 Å². The van der Waals surface area contributed by atoms with Crippen LogP contribution in [0.1, 0.15) is 18.4 Å². The molecule has 0 saturated heterocycles. The van der Waals surface area contributed by atoms with Crippen LogP contribution >= 0.6 is 0 Å². The van der Waals surface area contributed by atoms with Crippen LogP contribution in [0, 0.1) is 0 Å². The number of carbonyl (C=O) groups excluding carboxylic acids is 2. The molecule has 1 aromatic carbocycles. The smallest absolute Gasteiger partial charge is 0.328 e. The molecule has 2 atom stereocenters. The summed E-state index contributed by atoms with van der Waals surface area (Å²) < 4.78 is 9.98. The Labute approximate surface area is 105 Å². The molecule has 0 spiro atoms. The fourth-order valence-corrected chi connectivity index (χ4v) is 1.93. The van der Waals surface area contributed by atoms with E-state index in [1.165, 1.54) is 7.11 Å². The number of benzene rings is 1. The van der Waals surface area contributed by atoms with Crippen LogP contribution in [-0.4, -0.2) is 31.6 Å². The van der Waals surface area contributed by atoms with Gasteiger partial charge >= 0.3 is 5.97 Å². The lowest BCUT2D eigenvalue weighted by Gasteiger charge is -2.14. The number of hydrogen-bond donors (Lipinski definition) is 1. The van der Waals surface area contributed by atoms with E-state index in [1.54, 1.807) is 6.92 Å². The molecule has 1 amide bonds. The van der Waals surface area contributed by atoms with Crippen molar-refractivity contribution in [2.45, 2.75) is 18.9 Å². The monoisotopic (exact) mass is 249 g/mol. The van der Waals surface area contributed by atoms with E-state index in [1.807, 2.05) is 24.3 Å². The highest BCUT2D eigenvalue weighted by molar-refractivity contribution is 5.89. The van der Waals surface area contributed by atoms with Crippen molar-refractivity contribution >= 4 is 11.9 Å². The lowest BCUT2D eigenvalue weighted by molar-refractivity contribution is -0.144. The van der Waals surface area contributed by atoms with Crippen LogP contribution in [0.4, 0.5) is 0 Å². The number of esters is 1. The highest BCUT2D eigenvalue weighted by Crippen LogP contribution is 2.33. The molecule has 1 heterocycles. The number of hydrogen-bond acceptors (Lipinski definition) is 4.